The lowest BCUT2D eigenvalue weighted by atomic mass is 10.0. The van der Waals surface area contributed by atoms with Crippen LogP contribution in [0.4, 0.5) is 0 Å². The van der Waals surface area contributed by atoms with Gasteiger partial charge in [0, 0.05) is 25.6 Å². The van der Waals surface area contributed by atoms with Gasteiger partial charge in [-0.05, 0) is 36.8 Å². The summed E-state index contributed by atoms with van der Waals surface area (Å²) in [6.07, 6.45) is 3.18. The molecule has 1 fully saturated rings. The number of nitrogens with one attached hydrogen (secondary N) is 1. The maximum atomic E-state index is 12.4. The van der Waals surface area contributed by atoms with Gasteiger partial charge in [-0.15, -0.1) is 0 Å². The predicted octanol–water partition coefficient (Wildman–Crippen LogP) is 1.29. The number of amides is 1. The third kappa shape index (κ3) is 3.67. The Balaban J connectivity index is 1.49. The average Bonchev–Trinajstić information content (AvgIpc) is 3.36. The molecule has 0 bridgehead atoms. The van der Waals surface area contributed by atoms with Gasteiger partial charge in [0.2, 0.25) is 15.9 Å². The van der Waals surface area contributed by atoms with E-state index >= 15 is 0 Å². The zero-order chi connectivity index (χ0) is 15.6. The molecule has 1 amide bonds. The number of hydrogen-bond acceptors (Lipinski definition) is 3. The van der Waals surface area contributed by atoms with Crippen LogP contribution in [0, 0.1) is 5.92 Å². The van der Waals surface area contributed by atoms with E-state index in [0.717, 1.165) is 24.8 Å². The lowest BCUT2D eigenvalue weighted by molar-refractivity contribution is -0.122. The molecule has 0 radical (unpaired) electrons. The summed E-state index contributed by atoms with van der Waals surface area (Å²) in [5.41, 5.74) is 2.34. The van der Waals surface area contributed by atoms with Crippen molar-refractivity contribution in [3.05, 3.63) is 35.4 Å². The number of carbonyl (C=O) groups is 1. The summed E-state index contributed by atoms with van der Waals surface area (Å²) < 4.78 is 26.4. The van der Waals surface area contributed by atoms with Crippen LogP contribution in [0.15, 0.2) is 24.3 Å². The van der Waals surface area contributed by atoms with Gasteiger partial charge in [-0.2, -0.15) is 4.31 Å². The van der Waals surface area contributed by atoms with Crippen molar-refractivity contribution in [2.75, 3.05) is 18.8 Å². The van der Waals surface area contributed by atoms with Gasteiger partial charge < -0.3 is 5.32 Å². The molecule has 6 heteroatoms. The van der Waals surface area contributed by atoms with Crippen molar-refractivity contribution in [2.24, 2.45) is 5.92 Å². The SMILES string of the molecule is O=C(NCCCS(=O)(=O)N1CCc2ccccc2C1)C1CC1. The Bertz CT molecular complexity index is 653. The third-order valence-electron chi connectivity index (χ3n) is 4.32. The first-order chi connectivity index (χ1) is 10.6. The van der Waals surface area contributed by atoms with Crippen molar-refractivity contribution >= 4 is 15.9 Å². The Morgan fingerprint density at radius 1 is 1.23 bits per heavy atom. The third-order valence-corrected chi connectivity index (χ3v) is 6.22. The molecule has 1 aromatic rings. The van der Waals surface area contributed by atoms with Crippen molar-refractivity contribution in [2.45, 2.75) is 32.2 Å². The molecular weight excluding hydrogens is 300 g/mol. The van der Waals surface area contributed by atoms with Gasteiger partial charge in [0.1, 0.15) is 0 Å². The highest BCUT2D eigenvalue weighted by molar-refractivity contribution is 7.89. The molecule has 1 heterocycles. The highest BCUT2D eigenvalue weighted by Crippen LogP contribution is 2.28. The minimum absolute atomic E-state index is 0.0734. The van der Waals surface area contributed by atoms with Crippen molar-refractivity contribution in [3.63, 3.8) is 0 Å². The molecule has 1 aliphatic carbocycles. The summed E-state index contributed by atoms with van der Waals surface area (Å²) in [6.45, 7) is 1.46. The predicted molar refractivity (Wildman–Crippen MR) is 84.7 cm³/mol. The van der Waals surface area contributed by atoms with Crippen LogP contribution >= 0.6 is 0 Å². The molecule has 1 aliphatic heterocycles. The molecule has 120 valence electrons. The van der Waals surface area contributed by atoms with Crippen LogP contribution in [-0.4, -0.2) is 37.5 Å². The quantitative estimate of drug-likeness (QED) is 0.803. The van der Waals surface area contributed by atoms with Crippen molar-refractivity contribution < 1.29 is 13.2 Å². The van der Waals surface area contributed by atoms with Gasteiger partial charge in [0.15, 0.2) is 0 Å². The lowest BCUT2D eigenvalue weighted by Crippen LogP contribution is -2.38. The topological polar surface area (TPSA) is 66.5 Å². The number of fused-ring (bicyclic) bond motifs is 1. The smallest absolute Gasteiger partial charge is 0.223 e. The van der Waals surface area contributed by atoms with Crippen LogP contribution in [0.5, 0.6) is 0 Å². The number of hydrogen-bond donors (Lipinski definition) is 1. The fourth-order valence-electron chi connectivity index (χ4n) is 2.79. The minimum Gasteiger partial charge on any atom is -0.356 e. The van der Waals surface area contributed by atoms with E-state index in [2.05, 4.69) is 11.4 Å². The Labute approximate surface area is 131 Å². The number of carbonyl (C=O) groups excluding carboxylic acids is 1. The molecule has 0 unspecified atom stereocenters. The largest absolute Gasteiger partial charge is 0.356 e. The minimum atomic E-state index is -3.25. The first kappa shape index (κ1) is 15.5. The van der Waals surface area contributed by atoms with E-state index in [-0.39, 0.29) is 17.6 Å². The number of nitrogens with zero attached hydrogens (tertiary/aromatic N) is 1. The van der Waals surface area contributed by atoms with E-state index in [9.17, 15) is 13.2 Å². The van der Waals surface area contributed by atoms with E-state index in [1.165, 1.54) is 5.56 Å². The summed E-state index contributed by atoms with van der Waals surface area (Å²) >= 11 is 0. The van der Waals surface area contributed by atoms with Crippen LogP contribution in [-0.2, 0) is 27.8 Å². The molecule has 3 rings (SSSR count). The average molecular weight is 322 g/mol. The summed E-state index contributed by atoms with van der Waals surface area (Å²) in [5, 5.41) is 2.81. The Hall–Kier alpha value is -1.40. The monoisotopic (exact) mass is 322 g/mol. The van der Waals surface area contributed by atoms with Gasteiger partial charge in [0.05, 0.1) is 5.75 Å². The molecule has 22 heavy (non-hydrogen) atoms. The second-order valence-corrected chi connectivity index (χ2v) is 8.18. The van der Waals surface area contributed by atoms with Gasteiger partial charge in [-0.1, -0.05) is 24.3 Å². The molecule has 1 saturated carbocycles. The van der Waals surface area contributed by atoms with Crippen molar-refractivity contribution in [1.29, 1.82) is 0 Å². The molecule has 0 atom stereocenters. The zero-order valence-corrected chi connectivity index (χ0v) is 13.4. The maximum absolute atomic E-state index is 12.4. The molecule has 5 nitrogen and oxygen atoms in total. The number of sulfonamides is 1. The van der Waals surface area contributed by atoms with E-state index in [1.807, 2.05) is 18.2 Å². The summed E-state index contributed by atoms with van der Waals surface area (Å²) in [6, 6.07) is 7.99. The molecule has 2 aliphatic rings. The molecule has 1 N–H and O–H groups in total. The molecule has 0 spiro atoms. The highest BCUT2D eigenvalue weighted by Gasteiger charge is 2.29. The first-order valence-corrected chi connectivity index (χ1v) is 9.49. The second kappa shape index (κ2) is 6.38. The van der Waals surface area contributed by atoms with Crippen LogP contribution in [0.1, 0.15) is 30.4 Å². The molecular formula is C16H22N2O3S. The van der Waals surface area contributed by atoms with Gasteiger partial charge in [-0.3, -0.25) is 4.79 Å². The van der Waals surface area contributed by atoms with Crippen molar-refractivity contribution in [3.8, 4) is 0 Å². The van der Waals surface area contributed by atoms with Crippen molar-refractivity contribution in [1.82, 2.24) is 9.62 Å². The molecule has 1 aromatic carbocycles. The van der Waals surface area contributed by atoms with Gasteiger partial charge in [0.25, 0.3) is 0 Å². The number of rotatable bonds is 6. The van der Waals surface area contributed by atoms with Crippen LogP contribution in [0.25, 0.3) is 0 Å². The standard InChI is InChI=1S/C16H22N2O3S/c19-16(14-6-7-14)17-9-3-11-22(20,21)18-10-8-13-4-1-2-5-15(13)12-18/h1-2,4-5,14H,3,6-12H2,(H,17,19). The van der Waals surface area contributed by atoms with E-state index < -0.39 is 10.0 Å². The van der Waals surface area contributed by atoms with E-state index in [0.29, 0.717) is 26.1 Å². The van der Waals surface area contributed by atoms with Gasteiger partial charge >= 0.3 is 0 Å². The van der Waals surface area contributed by atoms with Crippen LogP contribution < -0.4 is 5.32 Å². The summed E-state index contributed by atoms with van der Waals surface area (Å²) in [5.74, 6) is 0.347. The van der Waals surface area contributed by atoms with E-state index in [1.54, 1.807) is 4.31 Å². The number of benzene rings is 1. The molecule has 0 saturated heterocycles. The first-order valence-electron chi connectivity index (χ1n) is 7.88. The Morgan fingerprint density at radius 3 is 2.68 bits per heavy atom. The lowest BCUT2D eigenvalue weighted by Gasteiger charge is -2.28. The second-order valence-electron chi connectivity index (χ2n) is 6.09. The summed E-state index contributed by atoms with van der Waals surface area (Å²) in [7, 11) is -3.25. The Kier molecular flexibility index (Phi) is 4.49. The van der Waals surface area contributed by atoms with Gasteiger partial charge in [-0.25, -0.2) is 8.42 Å². The van der Waals surface area contributed by atoms with Crippen LogP contribution in [0.3, 0.4) is 0 Å². The normalized spacial score (nSPS) is 18.7. The Morgan fingerprint density at radius 2 is 1.95 bits per heavy atom. The zero-order valence-electron chi connectivity index (χ0n) is 12.6. The highest BCUT2D eigenvalue weighted by atomic mass is 32.2. The summed E-state index contributed by atoms with van der Waals surface area (Å²) in [4.78, 5) is 11.5. The maximum Gasteiger partial charge on any atom is 0.223 e. The van der Waals surface area contributed by atoms with Crippen LogP contribution in [0.2, 0.25) is 0 Å². The fourth-order valence-corrected chi connectivity index (χ4v) is 4.26. The fraction of sp³-hybridized carbons (Fsp3) is 0.562. The molecule has 0 aromatic heterocycles. The van der Waals surface area contributed by atoms with E-state index in [4.69, 9.17) is 0 Å².